The van der Waals surface area contributed by atoms with Crippen LogP contribution in [-0.4, -0.2) is 37.0 Å². The van der Waals surface area contributed by atoms with E-state index < -0.39 is 0 Å². The van der Waals surface area contributed by atoms with Gasteiger partial charge >= 0.3 is 0 Å². The van der Waals surface area contributed by atoms with Crippen LogP contribution in [0.1, 0.15) is 21.6 Å². The van der Waals surface area contributed by atoms with Crippen LogP contribution in [0.3, 0.4) is 0 Å². The van der Waals surface area contributed by atoms with Crippen molar-refractivity contribution in [2.45, 2.75) is 13.5 Å². The Balaban J connectivity index is 1.52. The Labute approximate surface area is 151 Å². The molecule has 130 valence electrons. The maximum Gasteiger partial charge on any atom is 0.274 e. The standard InChI is InChI=1S/C20H19N5O/c1-15-7-6-10-24-14-18(22-19(15)24)20(26)23(2)12-16-11-21-25(13-16)17-8-4-3-5-9-17/h3-11,13-14H,12H2,1-2H3. The zero-order valence-electron chi connectivity index (χ0n) is 14.7. The highest BCUT2D eigenvalue weighted by Gasteiger charge is 2.17. The molecule has 6 nitrogen and oxygen atoms in total. The lowest BCUT2D eigenvalue weighted by Gasteiger charge is -2.14. The number of pyridine rings is 1. The van der Waals surface area contributed by atoms with Crippen molar-refractivity contribution in [1.29, 1.82) is 0 Å². The summed E-state index contributed by atoms with van der Waals surface area (Å²) in [4.78, 5) is 18.9. The maximum atomic E-state index is 12.7. The Morgan fingerprint density at radius 2 is 1.92 bits per heavy atom. The van der Waals surface area contributed by atoms with Crippen molar-refractivity contribution in [1.82, 2.24) is 24.1 Å². The van der Waals surface area contributed by atoms with E-state index in [0.29, 0.717) is 12.2 Å². The molecule has 0 aliphatic heterocycles. The van der Waals surface area contributed by atoms with E-state index in [1.807, 2.05) is 70.9 Å². The highest BCUT2D eigenvalue weighted by molar-refractivity contribution is 5.92. The van der Waals surface area contributed by atoms with Gasteiger partial charge in [-0.3, -0.25) is 4.79 Å². The van der Waals surface area contributed by atoms with Crippen LogP contribution in [0, 0.1) is 6.92 Å². The molecule has 0 aliphatic carbocycles. The molecule has 0 spiro atoms. The van der Waals surface area contributed by atoms with Gasteiger partial charge in [-0.05, 0) is 30.7 Å². The molecule has 0 radical (unpaired) electrons. The van der Waals surface area contributed by atoms with Gasteiger partial charge in [-0.2, -0.15) is 5.10 Å². The highest BCUT2D eigenvalue weighted by atomic mass is 16.2. The summed E-state index contributed by atoms with van der Waals surface area (Å²) in [6.07, 6.45) is 7.39. The van der Waals surface area contributed by atoms with Crippen LogP contribution in [0.4, 0.5) is 0 Å². The van der Waals surface area contributed by atoms with E-state index >= 15 is 0 Å². The van der Waals surface area contributed by atoms with Crippen LogP contribution in [0.25, 0.3) is 11.3 Å². The number of aryl methyl sites for hydroxylation is 1. The Morgan fingerprint density at radius 1 is 1.12 bits per heavy atom. The number of benzene rings is 1. The van der Waals surface area contributed by atoms with Crippen molar-refractivity contribution in [2.24, 2.45) is 0 Å². The number of para-hydroxylation sites is 1. The fourth-order valence-corrected chi connectivity index (χ4v) is 2.96. The molecule has 0 aliphatic rings. The molecule has 3 aromatic heterocycles. The molecule has 26 heavy (non-hydrogen) atoms. The molecule has 0 unspecified atom stereocenters. The normalized spacial score (nSPS) is 11.0. The second-order valence-electron chi connectivity index (χ2n) is 6.34. The SMILES string of the molecule is Cc1cccn2cc(C(=O)N(C)Cc3cnn(-c4ccccc4)c3)nc12. The first-order chi connectivity index (χ1) is 12.6. The number of nitrogens with zero attached hydrogens (tertiary/aromatic N) is 5. The summed E-state index contributed by atoms with van der Waals surface area (Å²) in [5.74, 6) is -0.111. The first-order valence-electron chi connectivity index (χ1n) is 8.40. The smallest absolute Gasteiger partial charge is 0.274 e. The van der Waals surface area contributed by atoms with Gasteiger partial charge in [0, 0.05) is 37.7 Å². The Hall–Kier alpha value is -3.41. The average Bonchev–Trinajstić information content (AvgIpc) is 3.29. The summed E-state index contributed by atoms with van der Waals surface area (Å²) in [6.45, 7) is 2.46. The van der Waals surface area contributed by atoms with Crippen LogP contribution in [0.15, 0.2) is 67.3 Å². The van der Waals surface area contributed by atoms with Crippen molar-refractivity contribution in [3.05, 3.63) is 84.1 Å². The van der Waals surface area contributed by atoms with Crippen molar-refractivity contribution in [3.8, 4) is 5.69 Å². The summed E-state index contributed by atoms with van der Waals surface area (Å²) >= 11 is 0. The van der Waals surface area contributed by atoms with E-state index in [-0.39, 0.29) is 5.91 Å². The summed E-state index contributed by atoms with van der Waals surface area (Å²) in [7, 11) is 1.78. The van der Waals surface area contributed by atoms with Gasteiger partial charge in [-0.25, -0.2) is 9.67 Å². The third kappa shape index (κ3) is 2.97. The monoisotopic (exact) mass is 345 g/mol. The fourth-order valence-electron chi connectivity index (χ4n) is 2.96. The topological polar surface area (TPSA) is 55.4 Å². The van der Waals surface area contributed by atoms with Crippen molar-refractivity contribution in [3.63, 3.8) is 0 Å². The molecular formula is C20H19N5O. The van der Waals surface area contributed by atoms with E-state index in [0.717, 1.165) is 22.5 Å². The summed E-state index contributed by atoms with van der Waals surface area (Å²) < 4.78 is 3.69. The van der Waals surface area contributed by atoms with E-state index in [1.165, 1.54) is 0 Å². The predicted octanol–water partition coefficient (Wildman–Crippen LogP) is 3.10. The lowest BCUT2D eigenvalue weighted by atomic mass is 10.3. The zero-order valence-corrected chi connectivity index (χ0v) is 14.7. The first kappa shape index (κ1) is 16.1. The largest absolute Gasteiger partial charge is 0.336 e. The molecule has 0 fully saturated rings. The Kier molecular flexibility index (Phi) is 4.01. The Bertz CT molecular complexity index is 1060. The number of fused-ring (bicyclic) bond motifs is 1. The number of rotatable bonds is 4. The molecule has 0 atom stereocenters. The van der Waals surface area contributed by atoms with Gasteiger partial charge in [-0.15, -0.1) is 0 Å². The van der Waals surface area contributed by atoms with Gasteiger partial charge in [-0.1, -0.05) is 24.3 Å². The second kappa shape index (κ2) is 6.48. The van der Waals surface area contributed by atoms with Crippen molar-refractivity contribution >= 4 is 11.6 Å². The number of amides is 1. The molecule has 0 N–H and O–H groups in total. The third-order valence-electron chi connectivity index (χ3n) is 4.32. The number of aromatic nitrogens is 4. The molecule has 1 amide bonds. The quantitative estimate of drug-likeness (QED) is 0.571. The van der Waals surface area contributed by atoms with Crippen LogP contribution in [0.5, 0.6) is 0 Å². The summed E-state index contributed by atoms with van der Waals surface area (Å²) in [5, 5.41) is 4.38. The third-order valence-corrected chi connectivity index (χ3v) is 4.32. The number of carbonyl (C=O) groups is 1. The number of imidazole rings is 1. The van der Waals surface area contributed by atoms with Gasteiger partial charge in [0.05, 0.1) is 11.9 Å². The van der Waals surface area contributed by atoms with Crippen LogP contribution < -0.4 is 0 Å². The van der Waals surface area contributed by atoms with E-state index in [1.54, 1.807) is 24.3 Å². The summed E-state index contributed by atoms with van der Waals surface area (Å²) in [5.41, 5.74) is 4.24. The summed E-state index contributed by atoms with van der Waals surface area (Å²) in [6, 6.07) is 13.8. The van der Waals surface area contributed by atoms with E-state index in [4.69, 9.17) is 0 Å². The van der Waals surface area contributed by atoms with Gasteiger partial charge in [0.25, 0.3) is 5.91 Å². The lowest BCUT2D eigenvalue weighted by molar-refractivity contribution is 0.0780. The minimum absolute atomic E-state index is 0.111. The molecule has 1 aromatic carbocycles. The van der Waals surface area contributed by atoms with Crippen LogP contribution in [-0.2, 0) is 6.54 Å². The minimum Gasteiger partial charge on any atom is -0.336 e. The molecule has 0 saturated carbocycles. The molecule has 4 rings (SSSR count). The van der Waals surface area contributed by atoms with E-state index in [9.17, 15) is 4.79 Å². The molecule has 4 aromatic rings. The first-order valence-corrected chi connectivity index (χ1v) is 8.40. The molecule has 3 heterocycles. The Morgan fingerprint density at radius 3 is 2.69 bits per heavy atom. The zero-order chi connectivity index (χ0) is 18.1. The number of carbonyl (C=O) groups excluding carboxylic acids is 1. The molecule has 6 heteroatoms. The van der Waals surface area contributed by atoms with Crippen LogP contribution in [0.2, 0.25) is 0 Å². The van der Waals surface area contributed by atoms with E-state index in [2.05, 4.69) is 10.1 Å². The van der Waals surface area contributed by atoms with Gasteiger partial charge < -0.3 is 9.30 Å². The number of hydrogen-bond donors (Lipinski definition) is 0. The van der Waals surface area contributed by atoms with Crippen molar-refractivity contribution in [2.75, 3.05) is 7.05 Å². The second-order valence-corrected chi connectivity index (χ2v) is 6.34. The molecule has 0 bridgehead atoms. The van der Waals surface area contributed by atoms with Gasteiger partial charge in [0.2, 0.25) is 0 Å². The highest BCUT2D eigenvalue weighted by Crippen LogP contribution is 2.13. The van der Waals surface area contributed by atoms with Crippen LogP contribution >= 0.6 is 0 Å². The van der Waals surface area contributed by atoms with Crippen molar-refractivity contribution < 1.29 is 4.79 Å². The van der Waals surface area contributed by atoms with Gasteiger partial charge in [0.15, 0.2) is 0 Å². The average molecular weight is 345 g/mol. The molecular weight excluding hydrogens is 326 g/mol. The number of hydrogen-bond acceptors (Lipinski definition) is 3. The molecule has 0 saturated heterocycles. The fraction of sp³-hybridized carbons (Fsp3) is 0.150. The minimum atomic E-state index is -0.111. The van der Waals surface area contributed by atoms with Gasteiger partial charge in [0.1, 0.15) is 11.3 Å². The lowest BCUT2D eigenvalue weighted by Crippen LogP contribution is -2.26. The predicted molar refractivity (Wildman–Crippen MR) is 99.3 cm³/mol. The maximum absolute atomic E-state index is 12.7.